The van der Waals surface area contributed by atoms with Crippen molar-refractivity contribution in [2.24, 2.45) is 16.7 Å². The van der Waals surface area contributed by atoms with Gasteiger partial charge in [0.25, 0.3) is 0 Å². The fourth-order valence-corrected chi connectivity index (χ4v) is 3.81. The van der Waals surface area contributed by atoms with E-state index in [9.17, 15) is 4.79 Å². The van der Waals surface area contributed by atoms with Crippen LogP contribution in [0.15, 0.2) is 11.8 Å². The van der Waals surface area contributed by atoms with E-state index in [0.29, 0.717) is 16.9 Å². The number of ether oxygens (including phenoxy) is 1. The number of hydrogen-bond acceptors (Lipinski definition) is 3. The maximum absolute atomic E-state index is 12.0. The summed E-state index contributed by atoms with van der Waals surface area (Å²) in [6.07, 6.45) is 5.27. The molecule has 3 heteroatoms. The van der Waals surface area contributed by atoms with Crippen LogP contribution >= 0.6 is 0 Å². The summed E-state index contributed by atoms with van der Waals surface area (Å²) in [5, 5.41) is 2.87. The Morgan fingerprint density at radius 1 is 1.39 bits per heavy atom. The number of carbonyl (C=O) groups is 1. The van der Waals surface area contributed by atoms with Crippen molar-refractivity contribution in [1.82, 2.24) is 5.32 Å². The standard InChI is InChI=1S/C15H25NO2/c1-10(9-16-5)13(17)18-12-8-11-6-7-15(12,4)14(11,2)3/h9,11-12,16H,6-8H2,1-5H3. The van der Waals surface area contributed by atoms with E-state index >= 15 is 0 Å². The van der Waals surface area contributed by atoms with Crippen LogP contribution in [0.5, 0.6) is 0 Å². The van der Waals surface area contributed by atoms with Gasteiger partial charge in [-0.05, 0) is 37.5 Å². The molecule has 0 saturated heterocycles. The minimum absolute atomic E-state index is 0.0824. The summed E-state index contributed by atoms with van der Waals surface area (Å²) in [6.45, 7) is 8.73. The number of nitrogens with one attached hydrogen (secondary N) is 1. The molecule has 3 unspecified atom stereocenters. The summed E-state index contributed by atoms with van der Waals surface area (Å²) in [7, 11) is 1.79. The summed E-state index contributed by atoms with van der Waals surface area (Å²) in [5.41, 5.74) is 1.08. The van der Waals surface area contributed by atoms with E-state index in [4.69, 9.17) is 4.74 Å². The van der Waals surface area contributed by atoms with E-state index in [2.05, 4.69) is 26.1 Å². The van der Waals surface area contributed by atoms with Crippen LogP contribution in [0.25, 0.3) is 0 Å². The third kappa shape index (κ3) is 1.75. The predicted molar refractivity (Wildman–Crippen MR) is 71.9 cm³/mol. The molecule has 2 aliphatic carbocycles. The molecule has 0 radical (unpaired) electrons. The lowest BCUT2D eigenvalue weighted by molar-refractivity contribution is -0.152. The van der Waals surface area contributed by atoms with E-state index in [1.807, 2.05) is 0 Å². The molecule has 1 N–H and O–H groups in total. The fraction of sp³-hybridized carbons (Fsp3) is 0.800. The second-order valence-corrected chi connectivity index (χ2v) is 6.62. The van der Waals surface area contributed by atoms with Crippen LogP contribution < -0.4 is 5.32 Å². The quantitative estimate of drug-likeness (QED) is 0.619. The minimum Gasteiger partial charge on any atom is -0.458 e. The molecule has 0 aliphatic heterocycles. The highest BCUT2D eigenvalue weighted by Crippen LogP contribution is 2.66. The maximum Gasteiger partial charge on any atom is 0.335 e. The normalized spacial score (nSPS) is 37.7. The van der Waals surface area contributed by atoms with Crippen molar-refractivity contribution in [3.63, 3.8) is 0 Å². The molecule has 0 spiro atoms. The molecular formula is C15H25NO2. The predicted octanol–water partition coefficient (Wildman–Crippen LogP) is 2.87. The van der Waals surface area contributed by atoms with Crippen LogP contribution in [0.3, 0.4) is 0 Å². The van der Waals surface area contributed by atoms with E-state index in [0.717, 1.165) is 6.42 Å². The smallest absolute Gasteiger partial charge is 0.335 e. The van der Waals surface area contributed by atoms with E-state index in [1.54, 1.807) is 20.2 Å². The van der Waals surface area contributed by atoms with Gasteiger partial charge in [0, 0.05) is 24.2 Å². The average Bonchev–Trinajstić information content (AvgIpc) is 2.62. The van der Waals surface area contributed by atoms with Gasteiger partial charge in [0.1, 0.15) is 6.10 Å². The second kappa shape index (κ2) is 4.29. The molecule has 2 fully saturated rings. The highest BCUT2D eigenvalue weighted by Gasteiger charge is 2.62. The summed E-state index contributed by atoms with van der Waals surface area (Å²) < 4.78 is 5.75. The Morgan fingerprint density at radius 3 is 2.50 bits per heavy atom. The van der Waals surface area contributed by atoms with Crippen molar-refractivity contribution in [2.45, 2.75) is 53.1 Å². The first-order valence-electron chi connectivity index (χ1n) is 6.88. The van der Waals surface area contributed by atoms with Crippen LogP contribution in [0.4, 0.5) is 0 Å². The highest BCUT2D eigenvalue weighted by molar-refractivity contribution is 5.87. The van der Waals surface area contributed by atoms with Crippen molar-refractivity contribution in [2.75, 3.05) is 7.05 Å². The van der Waals surface area contributed by atoms with Gasteiger partial charge in [-0.25, -0.2) is 4.79 Å². The third-order valence-corrected chi connectivity index (χ3v) is 5.65. The largest absolute Gasteiger partial charge is 0.458 e. The summed E-state index contributed by atoms with van der Waals surface area (Å²) in [5.74, 6) is 0.521. The number of fused-ring (bicyclic) bond motifs is 2. The Labute approximate surface area is 110 Å². The molecule has 0 aromatic rings. The minimum atomic E-state index is -0.182. The molecule has 2 bridgehead atoms. The first-order chi connectivity index (χ1) is 8.33. The molecule has 102 valence electrons. The van der Waals surface area contributed by atoms with Crippen LogP contribution in [0, 0.1) is 16.7 Å². The van der Waals surface area contributed by atoms with E-state index < -0.39 is 0 Å². The van der Waals surface area contributed by atoms with Crippen molar-refractivity contribution in [1.29, 1.82) is 0 Å². The topological polar surface area (TPSA) is 38.3 Å². The summed E-state index contributed by atoms with van der Waals surface area (Å²) >= 11 is 0. The number of esters is 1. The van der Waals surface area contributed by atoms with Crippen molar-refractivity contribution < 1.29 is 9.53 Å². The SMILES string of the molecule is CNC=C(C)C(=O)OC1CC2CCC1(C)C2(C)C. The van der Waals surface area contributed by atoms with E-state index in [-0.39, 0.29) is 17.5 Å². The Morgan fingerprint density at radius 2 is 2.06 bits per heavy atom. The molecular weight excluding hydrogens is 226 g/mol. The van der Waals surface area contributed by atoms with Crippen molar-refractivity contribution in [3.05, 3.63) is 11.8 Å². The molecule has 0 amide bonds. The Balaban J connectivity index is 2.10. The molecule has 2 saturated carbocycles. The zero-order chi connectivity index (χ0) is 13.6. The zero-order valence-electron chi connectivity index (χ0n) is 12.2. The Hall–Kier alpha value is -0.990. The summed E-state index contributed by atoms with van der Waals surface area (Å²) in [4.78, 5) is 12.0. The van der Waals surface area contributed by atoms with Crippen LogP contribution in [0.2, 0.25) is 0 Å². The highest BCUT2D eigenvalue weighted by atomic mass is 16.5. The molecule has 2 rings (SSSR count). The van der Waals surface area contributed by atoms with Gasteiger partial charge in [0.05, 0.1) is 0 Å². The lowest BCUT2D eigenvalue weighted by Gasteiger charge is -2.38. The lowest BCUT2D eigenvalue weighted by atomic mass is 9.70. The van der Waals surface area contributed by atoms with Gasteiger partial charge in [0.15, 0.2) is 0 Å². The van der Waals surface area contributed by atoms with Crippen LogP contribution in [0.1, 0.15) is 47.0 Å². The summed E-state index contributed by atoms with van der Waals surface area (Å²) in [6, 6.07) is 0. The number of carbonyl (C=O) groups excluding carboxylic acids is 1. The number of rotatable bonds is 3. The van der Waals surface area contributed by atoms with E-state index in [1.165, 1.54) is 12.8 Å². The molecule has 2 aliphatic rings. The van der Waals surface area contributed by atoms with Crippen molar-refractivity contribution >= 4 is 5.97 Å². The monoisotopic (exact) mass is 251 g/mol. The molecule has 3 nitrogen and oxygen atoms in total. The third-order valence-electron chi connectivity index (χ3n) is 5.65. The molecule has 3 atom stereocenters. The molecule has 0 aromatic heterocycles. The van der Waals surface area contributed by atoms with Gasteiger partial charge < -0.3 is 10.1 Å². The fourth-order valence-electron chi connectivity index (χ4n) is 3.81. The van der Waals surface area contributed by atoms with Gasteiger partial charge >= 0.3 is 5.97 Å². The molecule has 18 heavy (non-hydrogen) atoms. The van der Waals surface area contributed by atoms with Crippen LogP contribution in [-0.4, -0.2) is 19.1 Å². The van der Waals surface area contributed by atoms with Gasteiger partial charge in [-0.3, -0.25) is 0 Å². The first kappa shape index (κ1) is 13.4. The average molecular weight is 251 g/mol. The Kier molecular flexibility index (Phi) is 3.20. The zero-order valence-corrected chi connectivity index (χ0v) is 12.2. The van der Waals surface area contributed by atoms with Gasteiger partial charge in [0.2, 0.25) is 0 Å². The van der Waals surface area contributed by atoms with Gasteiger partial charge in [-0.2, -0.15) is 0 Å². The van der Waals surface area contributed by atoms with Gasteiger partial charge in [-0.15, -0.1) is 0 Å². The first-order valence-corrected chi connectivity index (χ1v) is 6.88. The van der Waals surface area contributed by atoms with Gasteiger partial charge in [-0.1, -0.05) is 20.8 Å². The maximum atomic E-state index is 12.0. The second-order valence-electron chi connectivity index (χ2n) is 6.62. The Bertz CT molecular complexity index is 386. The number of hydrogen-bond donors (Lipinski definition) is 1. The lowest BCUT2D eigenvalue weighted by Crippen LogP contribution is -2.38. The van der Waals surface area contributed by atoms with Crippen LogP contribution in [-0.2, 0) is 9.53 Å². The molecule has 0 aromatic carbocycles. The molecule has 0 heterocycles. The van der Waals surface area contributed by atoms with Crippen molar-refractivity contribution in [3.8, 4) is 0 Å².